The number of aliphatic hydroxyl groups is 1. The number of aliphatic hydroxyl groups excluding tert-OH is 1. The zero-order valence-corrected chi connectivity index (χ0v) is 12.7. The molecule has 0 fully saturated rings. The van der Waals surface area contributed by atoms with Crippen LogP contribution in [0.5, 0.6) is 5.75 Å². The first kappa shape index (κ1) is 13.9. The van der Waals surface area contributed by atoms with Gasteiger partial charge in [-0.3, -0.25) is 0 Å². The van der Waals surface area contributed by atoms with Crippen LogP contribution in [0.4, 0.5) is 4.39 Å². The molecule has 3 rings (SSSR count). The van der Waals surface area contributed by atoms with Gasteiger partial charge in [0.05, 0.1) is 6.10 Å². The lowest BCUT2D eigenvalue weighted by Gasteiger charge is -2.30. The van der Waals surface area contributed by atoms with Crippen molar-refractivity contribution in [3.63, 3.8) is 0 Å². The molecule has 0 bridgehead atoms. The van der Waals surface area contributed by atoms with Crippen molar-refractivity contribution in [2.45, 2.75) is 18.6 Å². The lowest BCUT2D eigenvalue weighted by Crippen LogP contribution is -2.19. The summed E-state index contributed by atoms with van der Waals surface area (Å²) >= 11 is 9.58. The van der Waals surface area contributed by atoms with Gasteiger partial charge in [0.1, 0.15) is 17.7 Å². The van der Waals surface area contributed by atoms with Crippen molar-refractivity contribution in [2.75, 3.05) is 0 Å². The Labute approximate surface area is 129 Å². The summed E-state index contributed by atoms with van der Waals surface area (Å²) in [4.78, 5) is 0. The first-order valence-corrected chi connectivity index (χ1v) is 7.31. The summed E-state index contributed by atoms with van der Waals surface area (Å²) in [5.74, 6) is 0.108. The van der Waals surface area contributed by atoms with E-state index in [-0.39, 0.29) is 11.9 Å². The van der Waals surface area contributed by atoms with Gasteiger partial charge >= 0.3 is 0 Å². The number of fused-ring (bicyclic) bond motifs is 1. The number of hydrogen-bond acceptors (Lipinski definition) is 2. The standard InChI is InChI=1S/C15H11BrClFO2/c16-8-1-3-12(17)10(5-8)15-7-13(19)11-6-9(18)2-4-14(11)20-15/h1-6,13,15,19H,7H2/t13-,15?/m1/s1. The van der Waals surface area contributed by atoms with E-state index in [9.17, 15) is 9.50 Å². The van der Waals surface area contributed by atoms with Crippen molar-refractivity contribution in [1.82, 2.24) is 0 Å². The van der Waals surface area contributed by atoms with Crippen molar-refractivity contribution in [2.24, 2.45) is 0 Å². The molecule has 0 saturated carbocycles. The monoisotopic (exact) mass is 356 g/mol. The van der Waals surface area contributed by atoms with Gasteiger partial charge in [0.2, 0.25) is 0 Å². The van der Waals surface area contributed by atoms with Crippen LogP contribution in [0, 0.1) is 5.82 Å². The number of benzene rings is 2. The van der Waals surface area contributed by atoms with Crippen molar-refractivity contribution < 1.29 is 14.2 Å². The maximum Gasteiger partial charge on any atom is 0.128 e. The van der Waals surface area contributed by atoms with Gasteiger partial charge in [-0.1, -0.05) is 27.5 Å². The Morgan fingerprint density at radius 1 is 1.20 bits per heavy atom. The van der Waals surface area contributed by atoms with E-state index < -0.39 is 6.10 Å². The minimum atomic E-state index is -0.769. The van der Waals surface area contributed by atoms with Crippen LogP contribution in [0.3, 0.4) is 0 Å². The molecule has 0 saturated heterocycles. The average molecular weight is 358 g/mol. The van der Waals surface area contributed by atoms with Crippen LogP contribution in [0.1, 0.15) is 29.8 Å². The fourth-order valence-corrected chi connectivity index (χ4v) is 2.99. The molecule has 1 unspecified atom stereocenters. The summed E-state index contributed by atoms with van der Waals surface area (Å²) in [7, 11) is 0. The van der Waals surface area contributed by atoms with E-state index in [1.807, 2.05) is 12.1 Å². The number of rotatable bonds is 1. The van der Waals surface area contributed by atoms with Crippen LogP contribution in [0.2, 0.25) is 5.02 Å². The molecule has 20 heavy (non-hydrogen) atoms. The Kier molecular flexibility index (Phi) is 3.71. The quantitative estimate of drug-likeness (QED) is 0.794. The SMILES string of the molecule is O[C@@H]1CC(c2cc(Br)ccc2Cl)Oc2ccc(F)cc21. The smallest absolute Gasteiger partial charge is 0.128 e. The van der Waals surface area contributed by atoms with Gasteiger partial charge in [-0.05, 0) is 36.4 Å². The van der Waals surface area contributed by atoms with Gasteiger partial charge < -0.3 is 9.84 Å². The number of hydrogen-bond donors (Lipinski definition) is 1. The summed E-state index contributed by atoms with van der Waals surface area (Å²) in [5, 5.41) is 10.8. The summed E-state index contributed by atoms with van der Waals surface area (Å²) in [6.07, 6.45) is -0.783. The van der Waals surface area contributed by atoms with Crippen LogP contribution < -0.4 is 4.74 Å². The third-order valence-electron chi connectivity index (χ3n) is 3.34. The summed E-state index contributed by atoms with van der Waals surface area (Å²) in [6, 6.07) is 9.64. The average Bonchev–Trinajstić information content (AvgIpc) is 2.42. The highest BCUT2D eigenvalue weighted by Crippen LogP contribution is 2.43. The second kappa shape index (κ2) is 5.35. The molecule has 1 heterocycles. The minimum Gasteiger partial charge on any atom is -0.485 e. The predicted molar refractivity (Wildman–Crippen MR) is 78.5 cm³/mol. The van der Waals surface area contributed by atoms with E-state index in [1.54, 1.807) is 6.07 Å². The maximum absolute atomic E-state index is 13.2. The van der Waals surface area contributed by atoms with Gasteiger partial charge in [0, 0.05) is 27.0 Å². The third-order valence-corrected chi connectivity index (χ3v) is 4.18. The summed E-state index contributed by atoms with van der Waals surface area (Å²) < 4.78 is 19.9. The molecule has 2 aromatic rings. The fraction of sp³-hybridized carbons (Fsp3) is 0.200. The van der Waals surface area contributed by atoms with E-state index in [0.717, 1.165) is 10.0 Å². The summed E-state index contributed by atoms with van der Waals surface area (Å²) in [5.41, 5.74) is 1.28. The molecular formula is C15H11BrClFO2. The second-order valence-corrected chi connectivity index (χ2v) is 6.03. The molecular weight excluding hydrogens is 347 g/mol. The van der Waals surface area contributed by atoms with Gasteiger partial charge in [0.15, 0.2) is 0 Å². The Morgan fingerprint density at radius 2 is 2.00 bits per heavy atom. The number of halogens is 3. The van der Waals surface area contributed by atoms with Crippen LogP contribution in [-0.4, -0.2) is 5.11 Å². The molecule has 1 aliphatic heterocycles. The van der Waals surface area contributed by atoms with Gasteiger partial charge in [0.25, 0.3) is 0 Å². The highest BCUT2D eigenvalue weighted by atomic mass is 79.9. The molecule has 1 aliphatic rings. The highest BCUT2D eigenvalue weighted by molar-refractivity contribution is 9.10. The first-order valence-electron chi connectivity index (χ1n) is 6.13. The second-order valence-electron chi connectivity index (χ2n) is 4.71. The highest BCUT2D eigenvalue weighted by Gasteiger charge is 2.29. The Hall–Kier alpha value is -1.10. The van der Waals surface area contributed by atoms with Crippen molar-refractivity contribution in [3.05, 3.63) is 62.8 Å². The van der Waals surface area contributed by atoms with Gasteiger partial charge in [-0.25, -0.2) is 4.39 Å². The Balaban J connectivity index is 1.99. The van der Waals surface area contributed by atoms with Gasteiger partial charge in [-0.15, -0.1) is 0 Å². The van der Waals surface area contributed by atoms with Crippen LogP contribution in [0.15, 0.2) is 40.9 Å². The third kappa shape index (κ3) is 2.55. The molecule has 0 aliphatic carbocycles. The molecule has 0 radical (unpaired) electrons. The molecule has 104 valence electrons. The Morgan fingerprint density at radius 3 is 2.80 bits per heavy atom. The molecule has 1 N–H and O–H groups in total. The first-order chi connectivity index (χ1) is 9.54. The summed E-state index contributed by atoms with van der Waals surface area (Å²) in [6.45, 7) is 0. The van der Waals surface area contributed by atoms with Crippen molar-refractivity contribution in [3.8, 4) is 5.75 Å². The normalized spacial score (nSPS) is 21.2. The van der Waals surface area contributed by atoms with Crippen LogP contribution in [0.25, 0.3) is 0 Å². The van der Waals surface area contributed by atoms with E-state index in [0.29, 0.717) is 22.8 Å². The van der Waals surface area contributed by atoms with E-state index >= 15 is 0 Å². The molecule has 2 aromatic carbocycles. The minimum absolute atomic E-state index is 0.340. The lowest BCUT2D eigenvalue weighted by molar-refractivity contribution is 0.0654. The number of ether oxygens (including phenoxy) is 1. The molecule has 0 amide bonds. The fourth-order valence-electron chi connectivity index (χ4n) is 2.37. The zero-order chi connectivity index (χ0) is 14.3. The van der Waals surface area contributed by atoms with E-state index in [4.69, 9.17) is 16.3 Å². The lowest BCUT2D eigenvalue weighted by atomic mass is 9.95. The molecule has 0 spiro atoms. The van der Waals surface area contributed by atoms with Crippen LogP contribution in [-0.2, 0) is 0 Å². The zero-order valence-electron chi connectivity index (χ0n) is 10.3. The van der Waals surface area contributed by atoms with Gasteiger partial charge in [-0.2, -0.15) is 0 Å². The molecule has 5 heteroatoms. The molecule has 2 atom stereocenters. The van der Waals surface area contributed by atoms with Crippen LogP contribution >= 0.6 is 27.5 Å². The topological polar surface area (TPSA) is 29.5 Å². The van der Waals surface area contributed by atoms with E-state index in [2.05, 4.69) is 15.9 Å². The Bertz CT molecular complexity index is 662. The largest absolute Gasteiger partial charge is 0.485 e. The predicted octanol–water partition coefficient (Wildman–Crippen LogP) is 4.80. The molecule has 2 nitrogen and oxygen atoms in total. The van der Waals surface area contributed by atoms with Crippen molar-refractivity contribution >= 4 is 27.5 Å². The van der Waals surface area contributed by atoms with E-state index in [1.165, 1.54) is 18.2 Å². The molecule has 0 aromatic heterocycles. The van der Waals surface area contributed by atoms with Crippen molar-refractivity contribution in [1.29, 1.82) is 0 Å². The maximum atomic E-state index is 13.2.